The molecule has 1 unspecified atom stereocenters. The fraction of sp³-hybridized carbons (Fsp3) is 0.727. The topological polar surface area (TPSA) is 111 Å². The van der Waals surface area contributed by atoms with E-state index in [-0.39, 0.29) is 12.7 Å². The molecule has 0 fully saturated rings. The number of carboxylic acids is 1. The minimum atomic E-state index is -2.08. The predicted octanol–water partition coefficient (Wildman–Crippen LogP) is 0.0491. The number of rotatable bonds is 7. The molecule has 110 valence electrons. The van der Waals surface area contributed by atoms with Gasteiger partial charge in [0, 0.05) is 6.42 Å². The second kappa shape index (κ2) is 5.81. The summed E-state index contributed by atoms with van der Waals surface area (Å²) in [5.74, 6) is 4.51. The van der Waals surface area contributed by atoms with Gasteiger partial charge in [-0.15, -0.1) is 0 Å². The van der Waals surface area contributed by atoms with Crippen LogP contribution in [0.5, 0.6) is 0 Å². The Bertz CT molecular complexity index is 338. The van der Waals surface area contributed by atoms with Gasteiger partial charge in [0.05, 0.1) is 16.8 Å². The molecule has 0 heterocycles. The standard InChI is InChI=1S/C11H27N3O3S/c1-8(17-7-10(15)16)6-9(14-13)11(12)18(2,3,4)5/h8,14,18H,6-7,12-13H2,1-5H3,(H,15,16)/b11-9+. The smallest absolute Gasteiger partial charge is 0.329 e. The third-order valence-corrected chi connectivity index (χ3v) is 4.63. The minimum Gasteiger partial charge on any atom is -0.480 e. The lowest BCUT2D eigenvalue weighted by molar-refractivity contribution is -0.144. The van der Waals surface area contributed by atoms with Crippen LogP contribution >= 0.6 is 9.16 Å². The van der Waals surface area contributed by atoms with Crippen LogP contribution in [0, 0.1) is 0 Å². The number of hydrogen-bond acceptors (Lipinski definition) is 5. The molecule has 0 aromatic heterocycles. The van der Waals surface area contributed by atoms with Crippen LogP contribution in [0.1, 0.15) is 13.3 Å². The molecular formula is C11H27N3O3S. The van der Waals surface area contributed by atoms with Crippen LogP contribution in [0.4, 0.5) is 0 Å². The van der Waals surface area contributed by atoms with E-state index < -0.39 is 15.1 Å². The van der Waals surface area contributed by atoms with E-state index in [1.165, 1.54) is 0 Å². The Morgan fingerprint density at radius 1 is 1.39 bits per heavy atom. The van der Waals surface area contributed by atoms with Gasteiger partial charge >= 0.3 is 5.97 Å². The number of hydrazine groups is 1. The molecule has 0 amide bonds. The summed E-state index contributed by atoms with van der Waals surface area (Å²) in [6, 6.07) is 0. The molecular weight excluding hydrogens is 254 g/mol. The van der Waals surface area contributed by atoms with Gasteiger partial charge in [0.25, 0.3) is 0 Å². The van der Waals surface area contributed by atoms with Crippen LogP contribution in [-0.4, -0.2) is 48.8 Å². The Balaban J connectivity index is 4.81. The molecule has 6 N–H and O–H groups in total. The zero-order valence-electron chi connectivity index (χ0n) is 11.9. The van der Waals surface area contributed by atoms with Crippen molar-refractivity contribution in [3.63, 3.8) is 0 Å². The van der Waals surface area contributed by atoms with Crippen LogP contribution in [0.2, 0.25) is 0 Å². The molecule has 7 heteroatoms. The highest BCUT2D eigenvalue weighted by atomic mass is 32.3. The monoisotopic (exact) mass is 281 g/mol. The van der Waals surface area contributed by atoms with Crippen molar-refractivity contribution in [1.82, 2.24) is 5.43 Å². The van der Waals surface area contributed by atoms with Crippen LogP contribution in [-0.2, 0) is 9.53 Å². The largest absolute Gasteiger partial charge is 0.480 e. The Labute approximate surface area is 109 Å². The summed E-state index contributed by atoms with van der Waals surface area (Å²) >= 11 is 0. The minimum absolute atomic E-state index is 0.260. The molecule has 1 atom stereocenters. The maximum absolute atomic E-state index is 10.4. The third kappa shape index (κ3) is 6.13. The van der Waals surface area contributed by atoms with E-state index in [0.29, 0.717) is 6.42 Å². The Morgan fingerprint density at radius 2 is 1.89 bits per heavy atom. The number of carboxylic acid groups (broad SMARTS) is 1. The van der Waals surface area contributed by atoms with E-state index in [9.17, 15) is 4.79 Å². The average Bonchev–Trinajstić information content (AvgIpc) is 2.19. The molecule has 0 aliphatic carbocycles. The van der Waals surface area contributed by atoms with E-state index in [1.54, 1.807) is 6.92 Å². The van der Waals surface area contributed by atoms with E-state index in [4.69, 9.17) is 21.4 Å². The van der Waals surface area contributed by atoms with Gasteiger partial charge in [-0.1, -0.05) is 0 Å². The molecule has 0 aliphatic rings. The highest BCUT2D eigenvalue weighted by molar-refractivity contribution is 8.50. The zero-order valence-corrected chi connectivity index (χ0v) is 12.8. The van der Waals surface area contributed by atoms with Gasteiger partial charge in [-0.2, -0.15) is 0 Å². The second-order valence-corrected chi connectivity index (χ2v) is 13.9. The van der Waals surface area contributed by atoms with Crippen molar-refractivity contribution >= 4 is 15.1 Å². The van der Waals surface area contributed by atoms with E-state index in [0.717, 1.165) is 10.7 Å². The molecule has 0 saturated heterocycles. The van der Waals surface area contributed by atoms with Gasteiger partial charge in [0.1, 0.15) is 6.61 Å². The number of hydrogen-bond donors (Lipinski definition) is 5. The SMILES string of the molecule is CC(C/C(NN)=C(/N)[SH](C)(C)(C)C)OCC(=O)O. The van der Waals surface area contributed by atoms with Gasteiger partial charge in [-0.05, 0) is 31.9 Å². The van der Waals surface area contributed by atoms with Crippen LogP contribution in [0.3, 0.4) is 0 Å². The summed E-state index contributed by atoms with van der Waals surface area (Å²) in [6.45, 7) is 1.47. The average molecular weight is 281 g/mol. The van der Waals surface area contributed by atoms with Crippen molar-refractivity contribution in [2.75, 3.05) is 31.6 Å². The summed E-state index contributed by atoms with van der Waals surface area (Å²) < 4.78 is 5.16. The van der Waals surface area contributed by atoms with Gasteiger partial charge in [0.15, 0.2) is 0 Å². The predicted molar refractivity (Wildman–Crippen MR) is 78.9 cm³/mol. The number of ether oxygens (including phenoxy) is 1. The molecule has 18 heavy (non-hydrogen) atoms. The molecule has 0 aliphatic heterocycles. The summed E-state index contributed by atoms with van der Waals surface area (Å²) in [4.78, 5) is 10.4. The Hall–Kier alpha value is -0.920. The number of nitrogens with two attached hydrogens (primary N) is 2. The first-order chi connectivity index (χ1) is 7.94. The fourth-order valence-corrected chi connectivity index (χ4v) is 2.57. The number of thiol groups is 1. The van der Waals surface area contributed by atoms with Crippen molar-refractivity contribution in [3.8, 4) is 0 Å². The van der Waals surface area contributed by atoms with Crippen molar-refractivity contribution in [2.24, 2.45) is 11.6 Å². The highest BCUT2D eigenvalue weighted by Crippen LogP contribution is 2.61. The van der Waals surface area contributed by atoms with Gasteiger partial charge in [-0.25, -0.2) is 4.79 Å². The number of carbonyl (C=O) groups is 1. The number of aliphatic carboxylic acids is 1. The van der Waals surface area contributed by atoms with Crippen molar-refractivity contribution in [3.05, 3.63) is 10.7 Å². The van der Waals surface area contributed by atoms with Gasteiger partial charge < -0.3 is 21.0 Å². The van der Waals surface area contributed by atoms with Gasteiger partial charge in [0.2, 0.25) is 0 Å². The van der Waals surface area contributed by atoms with E-state index in [1.807, 2.05) is 0 Å². The lowest BCUT2D eigenvalue weighted by Crippen LogP contribution is -2.32. The number of nitrogens with one attached hydrogen (secondary N) is 1. The second-order valence-electron chi connectivity index (χ2n) is 6.31. The Kier molecular flexibility index (Phi) is 5.52. The Morgan fingerprint density at radius 3 is 2.22 bits per heavy atom. The fourth-order valence-electron chi connectivity index (χ4n) is 1.34. The maximum Gasteiger partial charge on any atom is 0.329 e. The zero-order chi connectivity index (χ0) is 14.6. The third-order valence-electron chi connectivity index (χ3n) is 2.43. The quantitative estimate of drug-likeness (QED) is 0.256. The van der Waals surface area contributed by atoms with E-state index >= 15 is 0 Å². The first-order valence-corrected chi connectivity index (χ1v) is 9.76. The summed E-state index contributed by atoms with van der Waals surface area (Å²) in [5.41, 5.74) is 9.50. The van der Waals surface area contributed by atoms with Gasteiger partial charge in [-0.3, -0.25) is 15.0 Å². The van der Waals surface area contributed by atoms with Crippen molar-refractivity contribution < 1.29 is 14.6 Å². The summed E-state index contributed by atoms with van der Waals surface area (Å²) in [6.07, 6.45) is 8.71. The lowest BCUT2D eigenvalue weighted by atomic mass is 10.2. The van der Waals surface area contributed by atoms with Crippen LogP contribution in [0.25, 0.3) is 0 Å². The first-order valence-electron chi connectivity index (χ1n) is 5.73. The maximum atomic E-state index is 10.4. The summed E-state index contributed by atoms with van der Waals surface area (Å²) in [7, 11) is -2.08. The van der Waals surface area contributed by atoms with Crippen molar-refractivity contribution in [2.45, 2.75) is 19.4 Å². The molecule has 0 radical (unpaired) electrons. The van der Waals surface area contributed by atoms with Crippen molar-refractivity contribution in [1.29, 1.82) is 0 Å². The first kappa shape index (κ1) is 17.1. The molecule has 0 aromatic carbocycles. The lowest BCUT2D eigenvalue weighted by Gasteiger charge is -2.48. The molecule has 0 bridgehead atoms. The molecule has 6 nitrogen and oxygen atoms in total. The molecule has 0 saturated carbocycles. The van der Waals surface area contributed by atoms with Crippen LogP contribution < -0.4 is 17.0 Å². The molecule has 0 rings (SSSR count). The highest BCUT2D eigenvalue weighted by Gasteiger charge is 2.25. The normalized spacial score (nSPS) is 17.3. The van der Waals surface area contributed by atoms with Crippen LogP contribution in [0.15, 0.2) is 10.7 Å². The molecule has 0 spiro atoms. The van der Waals surface area contributed by atoms with E-state index in [2.05, 4.69) is 30.4 Å². The molecule has 0 aromatic rings. The summed E-state index contributed by atoms with van der Waals surface area (Å²) in [5, 5.41) is 9.30.